The van der Waals surface area contributed by atoms with Crippen LogP contribution in [-0.2, 0) is 6.18 Å². The monoisotopic (exact) mass is 685 g/mol. The molecule has 5 aromatic rings. The van der Waals surface area contributed by atoms with Gasteiger partial charge in [0.1, 0.15) is 40.7 Å². The Hall–Kier alpha value is -4.86. The van der Waals surface area contributed by atoms with E-state index in [4.69, 9.17) is 15.2 Å². The number of nitrogens with one attached hydrogen (secondary N) is 1. The van der Waals surface area contributed by atoms with E-state index in [-0.39, 0.29) is 57.5 Å². The predicted molar refractivity (Wildman–Crippen MR) is 174 cm³/mol. The summed E-state index contributed by atoms with van der Waals surface area (Å²) in [7, 11) is 3.45. The van der Waals surface area contributed by atoms with E-state index in [2.05, 4.69) is 49.0 Å². The smallest absolute Gasteiger partial charge is 0.417 e. The normalized spacial score (nSPS) is 18.6. The number of halogens is 5. The van der Waals surface area contributed by atoms with Gasteiger partial charge in [0, 0.05) is 23.1 Å². The summed E-state index contributed by atoms with van der Waals surface area (Å²) in [5.41, 5.74) is 3.93. The SMILES string of the molecule is CC1CCN(C)C1.COc1nc2c3c(nc(-c4c(C(F)(F)F)c(C)cc5[nH]ncc45)c(F)c3n1)OC[C@H](C)N2C(C)c1cc(F)cnc1N. The van der Waals surface area contributed by atoms with Crippen molar-refractivity contribution in [3.05, 3.63) is 52.9 Å². The summed E-state index contributed by atoms with van der Waals surface area (Å²) in [6.07, 6.45) is -1.29. The van der Waals surface area contributed by atoms with Crippen LogP contribution in [0.4, 0.5) is 33.6 Å². The van der Waals surface area contributed by atoms with Crippen molar-refractivity contribution in [2.75, 3.05) is 44.5 Å². The zero-order chi connectivity index (χ0) is 35.4. The van der Waals surface area contributed by atoms with Gasteiger partial charge in [-0.3, -0.25) is 5.10 Å². The van der Waals surface area contributed by atoms with Gasteiger partial charge in [-0.1, -0.05) is 6.92 Å². The van der Waals surface area contributed by atoms with Gasteiger partial charge >= 0.3 is 12.2 Å². The molecule has 0 aliphatic carbocycles. The Kier molecular flexibility index (Phi) is 8.94. The number of likely N-dealkylation sites (tertiary alicyclic amines) is 1. The predicted octanol–water partition coefficient (Wildman–Crippen LogP) is 6.47. The number of alkyl halides is 3. The van der Waals surface area contributed by atoms with Gasteiger partial charge in [0.05, 0.1) is 42.7 Å². The van der Waals surface area contributed by atoms with Crippen LogP contribution in [0.3, 0.4) is 0 Å². The number of benzene rings is 1. The molecule has 1 aromatic carbocycles. The highest BCUT2D eigenvalue weighted by Crippen LogP contribution is 2.47. The number of fused-ring (bicyclic) bond motifs is 1. The van der Waals surface area contributed by atoms with Crippen LogP contribution >= 0.6 is 0 Å². The maximum atomic E-state index is 16.6. The Labute approximate surface area is 278 Å². The molecule has 2 aliphatic heterocycles. The maximum Gasteiger partial charge on any atom is 0.417 e. The van der Waals surface area contributed by atoms with E-state index in [1.165, 1.54) is 51.9 Å². The summed E-state index contributed by atoms with van der Waals surface area (Å²) in [6, 6.07) is 1.11. The Morgan fingerprint density at radius 2 is 1.88 bits per heavy atom. The largest absolute Gasteiger partial charge is 0.475 e. The Morgan fingerprint density at radius 1 is 1.12 bits per heavy atom. The third-order valence-electron chi connectivity index (χ3n) is 8.95. The molecule has 6 heterocycles. The first kappa shape index (κ1) is 34.0. The van der Waals surface area contributed by atoms with Crippen molar-refractivity contribution in [2.24, 2.45) is 5.92 Å². The number of pyridine rings is 2. The second-order valence-corrected chi connectivity index (χ2v) is 12.6. The fourth-order valence-corrected chi connectivity index (χ4v) is 6.65. The summed E-state index contributed by atoms with van der Waals surface area (Å²) in [5, 5.41) is 6.52. The van der Waals surface area contributed by atoms with E-state index in [0.29, 0.717) is 5.56 Å². The summed E-state index contributed by atoms with van der Waals surface area (Å²) >= 11 is 0. The molecule has 0 bridgehead atoms. The molecule has 3 N–H and O–H groups in total. The minimum atomic E-state index is -4.85. The number of H-pyrrole nitrogens is 1. The molecule has 260 valence electrons. The van der Waals surface area contributed by atoms with E-state index in [0.717, 1.165) is 12.1 Å². The van der Waals surface area contributed by atoms with Crippen LogP contribution in [0.15, 0.2) is 24.5 Å². The number of hydrogen-bond donors (Lipinski definition) is 2. The van der Waals surface area contributed by atoms with E-state index in [1.807, 2.05) is 0 Å². The first-order valence-electron chi connectivity index (χ1n) is 15.7. The summed E-state index contributed by atoms with van der Waals surface area (Å²) in [5.74, 6) is -0.812. The molecular formula is C33H36F5N9O2. The molecule has 0 spiro atoms. The van der Waals surface area contributed by atoms with Crippen LogP contribution in [0.5, 0.6) is 11.9 Å². The third-order valence-corrected chi connectivity index (χ3v) is 8.95. The molecule has 49 heavy (non-hydrogen) atoms. The number of aryl methyl sites for hydroxylation is 1. The fraction of sp³-hybridized carbons (Fsp3) is 0.424. The molecule has 7 rings (SSSR count). The molecular weight excluding hydrogens is 649 g/mol. The number of nitrogens with zero attached hydrogens (tertiary/aromatic N) is 7. The zero-order valence-electron chi connectivity index (χ0n) is 27.8. The molecule has 1 saturated heterocycles. The average molecular weight is 686 g/mol. The van der Waals surface area contributed by atoms with Crippen molar-refractivity contribution in [3.63, 3.8) is 0 Å². The average Bonchev–Trinajstić information content (AvgIpc) is 3.64. The number of anilines is 2. The molecule has 11 nitrogen and oxygen atoms in total. The van der Waals surface area contributed by atoms with Crippen LogP contribution in [0, 0.1) is 24.5 Å². The number of nitrogens with two attached hydrogens (primary N) is 1. The fourth-order valence-electron chi connectivity index (χ4n) is 6.65. The number of aromatic amines is 1. The maximum absolute atomic E-state index is 16.6. The van der Waals surface area contributed by atoms with Crippen molar-refractivity contribution < 1.29 is 31.4 Å². The Bertz CT molecular complexity index is 2030. The molecule has 0 radical (unpaired) electrons. The van der Waals surface area contributed by atoms with E-state index < -0.39 is 46.7 Å². The number of ether oxygens (including phenoxy) is 2. The highest BCUT2D eigenvalue weighted by Gasteiger charge is 2.40. The topological polar surface area (TPSA) is 131 Å². The minimum Gasteiger partial charge on any atom is -0.475 e. The van der Waals surface area contributed by atoms with Gasteiger partial charge < -0.3 is 25.0 Å². The minimum absolute atomic E-state index is 0.000771. The van der Waals surface area contributed by atoms with Gasteiger partial charge in [-0.2, -0.15) is 28.2 Å². The Balaban J connectivity index is 0.000000531. The van der Waals surface area contributed by atoms with Gasteiger partial charge in [0.25, 0.3) is 0 Å². The highest BCUT2D eigenvalue weighted by molar-refractivity contribution is 6.02. The standard InChI is InChI=1S/C27H23F5N8O2.C6H13N/c1-10-5-16-15(8-35-39-16)17(19(10)27(30,31)32)21-20(29)22-18-24(38-26(37-22)41-4)40(11(2)9-42-25(18)36-21)12(3)14-6-13(28)7-34-23(14)33;1-6-3-4-7(2)5-6/h5-8,11-12H,9H2,1-4H3,(H2,33,34)(H,35,39);6H,3-5H2,1-2H3/t11-,12?;/m0./s1. The molecule has 4 aromatic heterocycles. The van der Waals surface area contributed by atoms with Crippen LogP contribution in [0.25, 0.3) is 33.1 Å². The lowest BCUT2D eigenvalue weighted by Crippen LogP contribution is -2.39. The van der Waals surface area contributed by atoms with Gasteiger partial charge in [0.2, 0.25) is 5.88 Å². The first-order chi connectivity index (χ1) is 23.2. The van der Waals surface area contributed by atoms with Gasteiger partial charge in [-0.15, -0.1) is 0 Å². The third kappa shape index (κ3) is 6.24. The number of nitrogen functional groups attached to an aromatic ring is 1. The summed E-state index contributed by atoms with van der Waals surface area (Å²) < 4.78 is 85.3. The molecule has 16 heteroatoms. The van der Waals surface area contributed by atoms with Gasteiger partial charge in [-0.05, 0) is 64.4 Å². The number of methoxy groups -OCH3 is 1. The van der Waals surface area contributed by atoms with Crippen LogP contribution in [0.1, 0.15) is 49.9 Å². The molecule has 2 aliphatic rings. The van der Waals surface area contributed by atoms with Crippen molar-refractivity contribution in [1.29, 1.82) is 0 Å². The van der Waals surface area contributed by atoms with Gasteiger partial charge in [0.15, 0.2) is 5.82 Å². The van der Waals surface area contributed by atoms with Crippen molar-refractivity contribution >= 4 is 33.4 Å². The number of rotatable bonds is 4. The highest BCUT2D eigenvalue weighted by atomic mass is 19.4. The van der Waals surface area contributed by atoms with E-state index >= 15 is 4.39 Å². The van der Waals surface area contributed by atoms with E-state index in [9.17, 15) is 17.6 Å². The quantitative estimate of drug-likeness (QED) is 0.203. The van der Waals surface area contributed by atoms with Crippen LogP contribution < -0.4 is 20.1 Å². The zero-order valence-corrected chi connectivity index (χ0v) is 27.8. The van der Waals surface area contributed by atoms with Crippen LogP contribution in [-0.4, -0.2) is 74.9 Å². The second kappa shape index (κ2) is 12.9. The number of hydrogen-bond acceptors (Lipinski definition) is 10. The van der Waals surface area contributed by atoms with Crippen molar-refractivity contribution in [3.8, 4) is 23.1 Å². The van der Waals surface area contributed by atoms with Crippen LogP contribution in [0.2, 0.25) is 0 Å². The lowest BCUT2D eigenvalue weighted by molar-refractivity contribution is -0.137. The second-order valence-electron chi connectivity index (χ2n) is 12.6. The van der Waals surface area contributed by atoms with Gasteiger partial charge in [-0.25, -0.2) is 18.7 Å². The molecule has 1 fully saturated rings. The lowest BCUT2D eigenvalue weighted by atomic mass is 9.94. The van der Waals surface area contributed by atoms with Crippen molar-refractivity contribution in [2.45, 2.75) is 52.4 Å². The molecule has 0 amide bonds. The summed E-state index contributed by atoms with van der Waals surface area (Å²) in [6.45, 7) is 9.66. The first-order valence-corrected chi connectivity index (χ1v) is 15.7. The van der Waals surface area contributed by atoms with Crippen molar-refractivity contribution in [1.82, 2.24) is 35.0 Å². The molecule has 3 atom stereocenters. The van der Waals surface area contributed by atoms with E-state index in [1.54, 1.807) is 18.7 Å². The molecule has 2 unspecified atom stereocenters. The summed E-state index contributed by atoms with van der Waals surface area (Å²) in [4.78, 5) is 20.9. The Morgan fingerprint density at radius 3 is 2.51 bits per heavy atom. The lowest BCUT2D eigenvalue weighted by Gasteiger charge is -2.34. The molecule has 0 saturated carbocycles. The number of aromatic nitrogens is 6.